The van der Waals surface area contributed by atoms with Gasteiger partial charge in [0.25, 0.3) is 11.8 Å². The number of rotatable bonds is 3. The maximum atomic E-state index is 12.7. The van der Waals surface area contributed by atoms with Gasteiger partial charge in [0, 0.05) is 23.6 Å². The van der Waals surface area contributed by atoms with Gasteiger partial charge in [-0.25, -0.2) is 0 Å². The van der Waals surface area contributed by atoms with Crippen LogP contribution in [0.3, 0.4) is 0 Å². The van der Waals surface area contributed by atoms with Crippen molar-refractivity contribution in [3.63, 3.8) is 0 Å². The van der Waals surface area contributed by atoms with Crippen molar-refractivity contribution in [3.05, 3.63) is 67.2 Å². The summed E-state index contributed by atoms with van der Waals surface area (Å²) in [6.45, 7) is 0.191. The first kappa shape index (κ1) is 17.7. The summed E-state index contributed by atoms with van der Waals surface area (Å²) < 4.78 is 0. The Bertz CT molecular complexity index is 1040. The Kier molecular flexibility index (Phi) is 4.40. The van der Waals surface area contributed by atoms with Gasteiger partial charge in [-0.2, -0.15) is 0 Å². The van der Waals surface area contributed by atoms with Gasteiger partial charge in [-0.1, -0.05) is 64.6 Å². The molecule has 1 N–H and O–H groups in total. The van der Waals surface area contributed by atoms with Gasteiger partial charge in [0.2, 0.25) is 0 Å². The number of nitrogens with one attached hydrogen (secondary N) is 1. The number of para-hydroxylation sites is 1. The monoisotopic (exact) mass is 426 g/mol. The Morgan fingerprint density at radius 1 is 0.846 bits per heavy atom. The molecule has 0 unspecified atom stereocenters. The third-order valence-electron chi connectivity index (χ3n) is 4.46. The zero-order valence-electron chi connectivity index (χ0n) is 13.1. The quantitative estimate of drug-likeness (QED) is 0.335. The van der Waals surface area contributed by atoms with E-state index in [0.29, 0.717) is 6.42 Å². The first-order valence-corrected chi connectivity index (χ1v) is 9.20. The number of hydrogen-bond acceptors (Lipinski definition) is 2. The van der Waals surface area contributed by atoms with E-state index in [1.54, 1.807) is 0 Å². The molecule has 3 aromatic rings. The molecule has 2 heterocycles. The molecule has 1 aliphatic rings. The molecule has 0 aliphatic carbocycles. The summed E-state index contributed by atoms with van der Waals surface area (Å²) in [4.78, 5) is 29.7. The van der Waals surface area contributed by atoms with E-state index in [2.05, 4.69) is 4.98 Å². The van der Waals surface area contributed by atoms with Crippen molar-refractivity contribution < 1.29 is 9.59 Å². The highest BCUT2D eigenvalue weighted by atomic mass is 35.5. The van der Waals surface area contributed by atoms with Crippen LogP contribution in [-0.2, 0) is 6.42 Å². The van der Waals surface area contributed by atoms with Crippen molar-refractivity contribution in [2.45, 2.75) is 6.42 Å². The molecule has 8 heteroatoms. The first-order valence-electron chi connectivity index (χ1n) is 7.69. The van der Waals surface area contributed by atoms with Crippen LogP contribution in [-0.4, -0.2) is 28.2 Å². The summed E-state index contributed by atoms with van der Waals surface area (Å²) >= 11 is 24.3. The molecule has 132 valence electrons. The molecule has 4 rings (SSSR count). The van der Waals surface area contributed by atoms with E-state index in [-0.39, 0.29) is 37.8 Å². The van der Waals surface area contributed by atoms with E-state index < -0.39 is 11.8 Å². The van der Waals surface area contributed by atoms with Crippen LogP contribution in [0.1, 0.15) is 26.3 Å². The lowest BCUT2D eigenvalue weighted by Crippen LogP contribution is -2.31. The van der Waals surface area contributed by atoms with Crippen LogP contribution in [0.4, 0.5) is 0 Å². The molecule has 0 radical (unpaired) electrons. The molecule has 26 heavy (non-hydrogen) atoms. The van der Waals surface area contributed by atoms with Gasteiger partial charge in [0.15, 0.2) is 0 Å². The smallest absolute Gasteiger partial charge is 0.263 e. The summed E-state index contributed by atoms with van der Waals surface area (Å²) in [5.74, 6) is -1.04. The molecule has 0 saturated heterocycles. The Hall–Kier alpha value is -1.72. The number of aromatic nitrogens is 1. The molecular weight excluding hydrogens is 418 g/mol. The van der Waals surface area contributed by atoms with Gasteiger partial charge in [0.1, 0.15) is 0 Å². The molecule has 4 nitrogen and oxygen atoms in total. The molecule has 0 fully saturated rings. The maximum absolute atomic E-state index is 12.7. The van der Waals surface area contributed by atoms with Gasteiger partial charge in [-0.3, -0.25) is 14.5 Å². The molecule has 1 aliphatic heterocycles. The fourth-order valence-corrected chi connectivity index (χ4v) is 4.18. The Morgan fingerprint density at radius 2 is 1.42 bits per heavy atom. The fourth-order valence-electron chi connectivity index (χ4n) is 3.17. The van der Waals surface area contributed by atoms with Crippen LogP contribution in [0.25, 0.3) is 10.9 Å². The minimum Gasteiger partial charge on any atom is -0.361 e. The Morgan fingerprint density at radius 3 is 2.04 bits per heavy atom. The van der Waals surface area contributed by atoms with E-state index >= 15 is 0 Å². The van der Waals surface area contributed by atoms with Gasteiger partial charge < -0.3 is 4.98 Å². The summed E-state index contributed by atoms with van der Waals surface area (Å²) in [6.07, 6.45) is 2.36. The molecular formula is C18H10Cl4N2O2. The van der Waals surface area contributed by atoms with Crippen molar-refractivity contribution in [1.29, 1.82) is 0 Å². The van der Waals surface area contributed by atoms with Crippen molar-refractivity contribution in [2.75, 3.05) is 6.54 Å². The average Bonchev–Trinajstić information content (AvgIpc) is 3.15. The zero-order valence-corrected chi connectivity index (χ0v) is 16.1. The lowest BCUT2D eigenvalue weighted by Gasteiger charge is -2.13. The highest BCUT2D eigenvalue weighted by molar-refractivity contribution is 6.55. The molecule has 0 bridgehead atoms. The highest BCUT2D eigenvalue weighted by Crippen LogP contribution is 2.44. The Labute approximate surface area is 168 Å². The number of carbonyl (C=O) groups excluding carboxylic acids is 2. The molecule has 0 saturated carbocycles. The second kappa shape index (κ2) is 6.46. The predicted octanol–water partition coefficient (Wildman–Crippen LogP) is 5.62. The van der Waals surface area contributed by atoms with E-state index in [1.807, 2.05) is 30.5 Å². The SMILES string of the molecule is O=C1c2c(Cl)c(Cl)c(Cl)c(Cl)c2C(=O)N1CCc1c[nH]c2ccccc12. The summed E-state index contributed by atoms with van der Waals surface area (Å²) in [5, 5.41) is 0.882. The zero-order chi connectivity index (χ0) is 18.6. The number of hydrogen-bond donors (Lipinski definition) is 1. The lowest BCUT2D eigenvalue weighted by atomic mass is 10.1. The minimum atomic E-state index is -0.518. The summed E-state index contributed by atoms with van der Waals surface area (Å²) in [5.41, 5.74) is 2.02. The van der Waals surface area contributed by atoms with E-state index in [4.69, 9.17) is 46.4 Å². The van der Waals surface area contributed by atoms with Crippen molar-refractivity contribution in [3.8, 4) is 0 Å². The third-order valence-corrected chi connectivity index (χ3v) is 6.27. The summed E-state index contributed by atoms with van der Waals surface area (Å²) in [6, 6.07) is 7.82. The van der Waals surface area contributed by atoms with Gasteiger partial charge in [0.05, 0.1) is 31.2 Å². The molecule has 2 aromatic carbocycles. The van der Waals surface area contributed by atoms with Crippen LogP contribution < -0.4 is 0 Å². The first-order chi connectivity index (χ1) is 12.4. The summed E-state index contributed by atoms with van der Waals surface area (Å²) in [7, 11) is 0. The highest BCUT2D eigenvalue weighted by Gasteiger charge is 2.41. The van der Waals surface area contributed by atoms with Gasteiger partial charge in [-0.15, -0.1) is 0 Å². The number of benzene rings is 2. The normalized spacial score (nSPS) is 13.8. The number of H-pyrrole nitrogens is 1. The number of halogens is 4. The van der Waals surface area contributed by atoms with Crippen LogP contribution >= 0.6 is 46.4 Å². The molecule has 2 amide bonds. The molecule has 0 atom stereocenters. The van der Waals surface area contributed by atoms with Gasteiger partial charge >= 0.3 is 0 Å². The Balaban J connectivity index is 1.67. The topological polar surface area (TPSA) is 53.2 Å². The third kappa shape index (κ3) is 2.52. The van der Waals surface area contributed by atoms with E-state index in [9.17, 15) is 9.59 Å². The van der Waals surface area contributed by atoms with Crippen LogP contribution in [0.15, 0.2) is 30.5 Å². The number of amides is 2. The number of imide groups is 1. The van der Waals surface area contributed by atoms with Crippen LogP contribution in [0.5, 0.6) is 0 Å². The van der Waals surface area contributed by atoms with Crippen molar-refractivity contribution in [1.82, 2.24) is 9.88 Å². The minimum absolute atomic E-state index is 0.00925. The maximum Gasteiger partial charge on any atom is 0.263 e. The number of nitrogens with zero attached hydrogens (tertiary/aromatic N) is 1. The van der Waals surface area contributed by atoms with E-state index in [0.717, 1.165) is 21.4 Å². The fraction of sp³-hybridized carbons (Fsp3) is 0.111. The lowest BCUT2D eigenvalue weighted by molar-refractivity contribution is 0.0656. The number of fused-ring (bicyclic) bond motifs is 2. The molecule has 0 spiro atoms. The second-order valence-corrected chi connectivity index (χ2v) is 7.39. The van der Waals surface area contributed by atoms with Crippen LogP contribution in [0.2, 0.25) is 20.1 Å². The van der Waals surface area contributed by atoms with Crippen LogP contribution in [0, 0.1) is 0 Å². The van der Waals surface area contributed by atoms with Crippen molar-refractivity contribution >= 4 is 69.1 Å². The van der Waals surface area contributed by atoms with Gasteiger partial charge in [-0.05, 0) is 18.1 Å². The predicted molar refractivity (Wildman–Crippen MR) is 104 cm³/mol. The largest absolute Gasteiger partial charge is 0.361 e. The molecule has 1 aromatic heterocycles. The number of aromatic amines is 1. The van der Waals surface area contributed by atoms with E-state index in [1.165, 1.54) is 0 Å². The second-order valence-electron chi connectivity index (χ2n) is 5.88. The standard InChI is InChI=1S/C18H10Cl4N2O2/c19-13-11-12(14(20)16(22)15(13)21)18(26)24(17(11)25)6-5-8-7-23-10-4-2-1-3-9(8)10/h1-4,7,23H,5-6H2. The van der Waals surface area contributed by atoms with Crippen molar-refractivity contribution in [2.24, 2.45) is 0 Å². The number of carbonyl (C=O) groups is 2. The average molecular weight is 428 g/mol.